The van der Waals surface area contributed by atoms with Gasteiger partial charge in [0, 0.05) is 6.54 Å². The van der Waals surface area contributed by atoms with Gasteiger partial charge in [0.1, 0.15) is 0 Å². The molecule has 0 spiro atoms. The van der Waals surface area contributed by atoms with Crippen molar-refractivity contribution in [3.8, 4) is 0 Å². The zero-order valence-corrected chi connectivity index (χ0v) is 12.2. The van der Waals surface area contributed by atoms with E-state index < -0.39 is 23.1 Å². The number of fused-ring (bicyclic) bond motifs is 1. The van der Waals surface area contributed by atoms with E-state index in [2.05, 4.69) is 0 Å². The van der Waals surface area contributed by atoms with E-state index in [0.717, 1.165) is 0 Å². The molecule has 1 aliphatic heterocycles. The fourth-order valence-electron chi connectivity index (χ4n) is 2.20. The summed E-state index contributed by atoms with van der Waals surface area (Å²) < 4.78 is 4.71. The van der Waals surface area contributed by atoms with Crippen LogP contribution in [0.15, 0.2) is 18.2 Å². The zero-order valence-electron chi connectivity index (χ0n) is 11.4. The lowest BCUT2D eigenvalue weighted by atomic mass is 9.93. The summed E-state index contributed by atoms with van der Waals surface area (Å²) in [5.41, 5.74) is -0.310. The second-order valence-electron chi connectivity index (χ2n) is 5.23. The molecule has 1 heterocycles. The van der Waals surface area contributed by atoms with E-state index >= 15 is 0 Å². The Labute approximate surface area is 121 Å². The van der Waals surface area contributed by atoms with Gasteiger partial charge in [-0.3, -0.25) is 14.4 Å². The van der Waals surface area contributed by atoms with Crippen molar-refractivity contribution in [2.75, 3.05) is 18.6 Å². The first-order valence-electron chi connectivity index (χ1n) is 6.02. The van der Waals surface area contributed by atoms with E-state index in [-0.39, 0.29) is 12.1 Å². The predicted molar refractivity (Wildman–Crippen MR) is 73.9 cm³/mol. The molecule has 1 aromatic rings. The summed E-state index contributed by atoms with van der Waals surface area (Å²) in [4.78, 5) is 37.0. The number of Topliss-reactive ketones (excluding diaryl/α,β-unsaturated/α-hetero) is 1. The fourth-order valence-corrected chi connectivity index (χ4v) is 2.48. The molecule has 0 aliphatic carbocycles. The van der Waals surface area contributed by atoms with Gasteiger partial charge in [-0.15, -0.1) is 0 Å². The average molecular weight is 296 g/mol. The topological polar surface area (TPSA) is 63.7 Å². The number of para-hydroxylation sites is 1. The monoisotopic (exact) mass is 295 g/mol. The number of esters is 1. The van der Waals surface area contributed by atoms with Crippen LogP contribution in [0.4, 0.5) is 5.69 Å². The maximum atomic E-state index is 12.1. The largest absolute Gasteiger partial charge is 0.469 e. The van der Waals surface area contributed by atoms with Crippen LogP contribution in [0, 0.1) is 5.41 Å². The van der Waals surface area contributed by atoms with Gasteiger partial charge in [-0.05, 0) is 26.0 Å². The minimum Gasteiger partial charge on any atom is -0.469 e. The molecular weight excluding hydrogens is 282 g/mol. The Balaban J connectivity index is 2.43. The lowest BCUT2D eigenvalue weighted by Crippen LogP contribution is -2.42. The van der Waals surface area contributed by atoms with Crippen LogP contribution >= 0.6 is 11.6 Å². The van der Waals surface area contributed by atoms with Gasteiger partial charge < -0.3 is 9.64 Å². The third kappa shape index (κ3) is 2.18. The first-order valence-corrected chi connectivity index (χ1v) is 6.40. The second-order valence-corrected chi connectivity index (χ2v) is 5.64. The van der Waals surface area contributed by atoms with Gasteiger partial charge in [0.25, 0.3) is 11.7 Å². The van der Waals surface area contributed by atoms with E-state index in [0.29, 0.717) is 10.7 Å². The van der Waals surface area contributed by atoms with Crippen molar-refractivity contribution in [2.45, 2.75) is 13.8 Å². The number of amides is 1. The molecule has 0 saturated heterocycles. The molecular formula is C14H14ClNO4. The Morgan fingerprint density at radius 3 is 2.60 bits per heavy atom. The molecule has 5 nitrogen and oxygen atoms in total. The number of hydrogen-bond acceptors (Lipinski definition) is 4. The number of rotatable bonds is 3. The smallest absolute Gasteiger partial charge is 0.313 e. The molecule has 0 fully saturated rings. The lowest BCUT2D eigenvalue weighted by Gasteiger charge is -2.28. The van der Waals surface area contributed by atoms with Gasteiger partial charge >= 0.3 is 5.97 Å². The number of methoxy groups -OCH3 is 1. The van der Waals surface area contributed by atoms with Gasteiger partial charge in [0.05, 0.1) is 28.8 Å². The number of carbonyl (C=O) groups excluding carboxylic acids is 3. The lowest BCUT2D eigenvalue weighted by molar-refractivity contribution is -0.150. The molecule has 1 amide bonds. The standard InChI is InChI=1S/C14H14ClNO4/c1-14(2,13(19)20-3)7-16-10-8(11(17)12(16)18)5-4-6-9(10)15/h4-6H,7H2,1-3H3. The van der Waals surface area contributed by atoms with Gasteiger partial charge in [-0.2, -0.15) is 0 Å². The van der Waals surface area contributed by atoms with E-state index in [4.69, 9.17) is 16.3 Å². The number of nitrogens with zero attached hydrogens (tertiary/aromatic N) is 1. The van der Waals surface area contributed by atoms with Crippen molar-refractivity contribution in [3.63, 3.8) is 0 Å². The van der Waals surface area contributed by atoms with Gasteiger partial charge in [0.2, 0.25) is 0 Å². The molecule has 0 atom stereocenters. The molecule has 0 bridgehead atoms. The SMILES string of the molecule is COC(=O)C(C)(C)CN1C(=O)C(=O)c2cccc(Cl)c21. The molecule has 2 rings (SSSR count). The number of anilines is 1. The predicted octanol–water partition coefficient (Wildman–Crippen LogP) is 2.07. The number of carbonyl (C=O) groups is 3. The van der Waals surface area contributed by atoms with Crippen molar-refractivity contribution in [3.05, 3.63) is 28.8 Å². The molecule has 0 radical (unpaired) electrons. The first kappa shape index (κ1) is 14.5. The maximum absolute atomic E-state index is 12.1. The highest BCUT2D eigenvalue weighted by Gasteiger charge is 2.42. The van der Waals surface area contributed by atoms with Gasteiger partial charge in [-0.1, -0.05) is 17.7 Å². The molecule has 1 aliphatic rings. The van der Waals surface area contributed by atoms with Gasteiger partial charge in [0.15, 0.2) is 0 Å². The Morgan fingerprint density at radius 1 is 1.35 bits per heavy atom. The van der Waals surface area contributed by atoms with Crippen LogP contribution in [-0.2, 0) is 14.3 Å². The second kappa shape index (κ2) is 4.90. The van der Waals surface area contributed by atoms with E-state index in [1.54, 1.807) is 32.0 Å². The molecule has 0 N–H and O–H groups in total. The zero-order chi connectivity index (χ0) is 15.1. The summed E-state index contributed by atoms with van der Waals surface area (Å²) in [6, 6.07) is 4.76. The third-order valence-corrected chi connectivity index (χ3v) is 3.54. The Morgan fingerprint density at radius 2 is 2.00 bits per heavy atom. The Kier molecular flexibility index (Phi) is 3.56. The number of hydrogen-bond donors (Lipinski definition) is 0. The number of ether oxygens (including phenoxy) is 1. The van der Waals surface area contributed by atoms with Crippen LogP contribution in [0.25, 0.3) is 0 Å². The summed E-state index contributed by atoms with van der Waals surface area (Å²) in [6.07, 6.45) is 0. The number of benzene rings is 1. The van der Waals surface area contributed by atoms with Crippen molar-refractivity contribution >= 4 is 34.9 Å². The molecule has 0 aromatic heterocycles. The highest BCUT2D eigenvalue weighted by atomic mass is 35.5. The molecule has 6 heteroatoms. The van der Waals surface area contributed by atoms with E-state index in [1.165, 1.54) is 12.0 Å². The number of ketones is 1. The van der Waals surface area contributed by atoms with Crippen molar-refractivity contribution < 1.29 is 19.1 Å². The van der Waals surface area contributed by atoms with Crippen LogP contribution < -0.4 is 4.90 Å². The highest BCUT2D eigenvalue weighted by Crippen LogP contribution is 2.37. The Bertz CT molecular complexity index is 609. The fraction of sp³-hybridized carbons (Fsp3) is 0.357. The summed E-state index contributed by atoms with van der Waals surface area (Å²) >= 11 is 6.08. The van der Waals surface area contributed by atoms with Crippen LogP contribution in [0.1, 0.15) is 24.2 Å². The molecule has 106 valence electrons. The number of halogens is 1. The summed E-state index contributed by atoms with van der Waals surface area (Å²) in [7, 11) is 1.28. The maximum Gasteiger partial charge on any atom is 0.313 e. The molecule has 0 saturated carbocycles. The van der Waals surface area contributed by atoms with Gasteiger partial charge in [-0.25, -0.2) is 0 Å². The minimum atomic E-state index is -0.939. The van der Waals surface area contributed by atoms with Crippen molar-refractivity contribution in [2.24, 2.45) is 5.41 Å². The highest BCUT2D eigenvalue weighted by molar-refractivity contribution is 6.54. The van der Waals surface area contributed by atoms with Crippen LogP contribution in [0.3, 0.4) is 0 Å². The minimum absolute atomic E-state index is 0.0287. The molecule has 0 unspecified atom stereocenters. The summed E-state index contributed by atoms with van der Waals surface area (Å²) in [6.45, 7) is 3.32. The van der Waals surface area contributed by atoms with Crippen molar-refractivity contribution in [1.82, 2.24) is 0 Å². The summed E-state index contributed by atoms with van der Waals surface area (Å²) in [5.74, 6) is -1.74. The van der Waals surface area contributed by atoms with Crippen LogP contribution in [-0.4, -0.2) is 31.3 Å². The van der Waals surface area contributed by atoms with E-state index in [1.807, 2.05) is 0 Å². The normalized spacial score (nSPS) is 14.5. The first-order chi connectivity index (χ1) is 9.29. The molecule has 1 aromatic carbocycles. The van der Waals surface area contributed by atoms with E-state index in [9.17, 15) is 14.4 Å². The third-order valence-electron chi connectivity index (χ3n) is 3.23. The Hall–Kier alpha value is -1.88. The average Bonchev–Trinajstić information content (AvgIpc) is 2.64. The van der Waals surface area contributed by atoms with Crippen molar-refractivity contribution in [1.29, 1.82) is 0 Å². The van der Waals surface area contributed by atoms with Crippen LogP contribution in [0.5, 0.6) is 0 Å². The summed E-state index contributed by atoms with van der Waals surface area (Å²) in [5, 5.41) is 0.308. The van der Waals surface area contributed by atoms with Crippen LogP contribution in [0.2, 0.25) is 5.02 Å². The molecule has 20 heavy (non-hydrogen) atoms. The quantitative estimate of drug-likeness (QED) is 0.632.